The summed E-state index contributed by atoms with van der Waals surface area (Å²) in [6.45, 7) is 4.59. The first kappa shape index (κ1) is 23.7. The van der Waals surface area contributed by atoms with E-state index in [1.165, 1.54) is 9.13 Å². The second kappa shape index (κ2) is 11.6. The summed E-state index contributed by atoms with van der Waals surface area (Å²) < 4.78 is 9.79. The highest BCUT2D eigenvalue weighted by Gasteiger charge is 2.15. The molecule has 2 aromatic rings. The Morgan fingerprint density at radius 2 is 1.68 bits per heavy atom. The maximum absolute atomic E-state index is 12.7. The van der Waals surface area contributed by atoms with Gasteiger partial charge >= 0.3 is 5.69 Å². The van der Waals surface area contributed by atoms with Gasteiger partial charge in [0.1, 0.15) is 0 Å². The molecule has 3 rings (SSSR count). The van der Waals surface area contributed by atoms with Gasteiger partial charge in [-0.2, -0.15) is 0 Å². The van der Waals surface area contributed by atoms with Gasteiger partial charge in [0, 0.05) is 40.3 Å². The third-order valence-corrected chi connectivity index (χ3v) is 6.19. The molecule has 1 N–H and O–H groups in total. The van der Waals surface area contributed by atoms with Gasteiger partial charge in [0.25, 0.3) is 5.56 Å². The molecule has 9 nitrogen and oxygen atoms in total. The fraction of sp³-hybridized carbons (Fsp3) is 0.773. The van der Waals surface area contributed by atoms with E-state index < -0.39 is 0 Å². The number of unbranched alkanes of at least 4 members (excludes halogenated alkanes) is 6. The number of β-amino-alcohol motifs (C(OH)–C–C–N with tert-alkyl or cyclic N) is 1. The van der Waals surface area contributed by atoms with Gasteiger partial charge in [0.05, 0.1) is 25.6 Å². The highest BCUT2D eigenvalue weighted by atomic mass is 16.5. The number of morpholine rings is 1. The van der Waals surface area contributed by atoms with Crippen LogP contribution < -0.4 is 11.2 Å². The zero-order valence-electron chi connectivity index (χ0n) is 19.0. The highest BCUT2D eigenvalue weighted by Crippen LogP contribution is 2.11. The smallest absolute Gasteiger partial charge is 0.332 e. The minimum absolute atomic E-state index is 0.240. The third kappa shape index (κ3) is 6.27. The van der Waals surface area contributed by atoms with E-state index >= 15 is 0 Å². The number of aliphatic hydroxyl groups is 1. The van der Waals surface area contributed by atoms with Crippen LogP contribution in [0.25, 0.3) is 11.2 Å². The molecular formula is C22H37N5O4. The van der Waals surface area contributed by atoms with E-state index in [9.17, 15) is 14.7 Å². The molecule has 3 heterocycles. The van der Waals surface area contributed by atoms with Crippen LogP contribution in [0, 0.1) is 0 Å². The van der Waals surface area contributed by atoms with Crippen LogP contribution in [-0.2, 0) is 25.4 Å². The zero-order valence-corrected chi connectivity index (χ0v) is 19.0. The lowest BCUT2D eigenvalue weighted by Crippen LogP contribution is -2.40. The van der Waals surface area contributed by atoms with Gasteiger partial charge in [-0.15, -0.1) is 0 Å². The van der Waals surface area contributed by atoms with Crippen LogP contribution in [0.15, 0.2) is 15.9 Å². The molecule has 1 unspecified atom stereocenters. The number of aliphatic hydroxyl groups excluding tert-OH is 1. The molecule has 0 spiro atoms. The number of fused-ring (bicyclic) bond motifs is 1. The summed E-state index contributed by atoms with van der Waals surface area (Å²) in [5, 5.41) is 10.2. The number of aryl methyl sites for hydroxylation is 2. The first-order chi connectivity index (χ1) is 15.0. The Morgan fingerprint density at radius 3 is 2.39 bits per heavy atom. The molecule has 1 fully saturated rings. The number of nitrogens with zero attached hydrogens (tertiary/aromatic N) is 5. The van der Waals surface area contributed by atoms with E-state index in [-0.39, 0.29) is 17.4 Å². The summed E-state index contributed by atoms with van der Waals surface area (Å²) in [7, 11) is 3.43. The molecule has 1 aliphatic rings. The van der Waals surface area contributed by atoms with Crippen LogP contribution in [0.4, 0.5) is 0 Å². The Morgan fingerprint density at radius 1 is 1.03 bits per heavy atom. The van der Waals surface area contributed by atoms with E-state index in [2.05, 4.69) is 9.88 Å². The average molecular weight is 436 g/mol. The number of aromatic nitrogens is 4. The van der Waals surface area contributed by atoms with E-state index in [0.29, 0.717) is 17.7 Å². The predicted octanol–water partition coefficient (Wildman–Crippen LogP) is 1.25. The van der Waals surface area contributed by atoms with Gasteiger partial charge in [-0.3, -0.25) is 18.8 Å². The Bertz CT molecular complexity index is 942. The topological polar surface area (TPSA) is 94.5 Å². The summed E-state index contributed by atoms with van der Waals surface area (Å²) in [6, 6.07) is 0. The van der Waals surface area contributed by atoms with Crippen LogP contribution >= 0.6 is 0 Å². The maximum Gasteiger partial charge on any atom is 0.332 e. The first-order valence-electron chi connectivity index (χ1n) is 11.6. The minimum atomic E-state index is -0.299. The van der Waals surface area contributed by atoms with Gasteiger partial charge in [0.2, 0.25) is 0 Å². The number of imidazole rings is 1. The van der Waals surface area contributed by atoms with Crippen molar-refractivity contribution in [3.8, 4) is 0 Å². The predicted molar refractivity (Wildman–Crippen MR) is 120 cm³/mol. The molecule has 1 saturated heterocycles. The Hall–Kier alpha value is -1.97. The zero-order chi connectivity index (χ0) is 22.2. The number of rotatable bonds is 12. The first-order valence-corrected chi connectivity index (χ1v) is 11.6. The fourth-order valence-electron chi connectivity index (χ4n) is 4.30. The standard InChI is InChI=1S/C22H37N5O4/c1-24-17-23-20-19(24)21(29)27(22(30)25(20)2)11-9-7-5-3-4-6-8-10-18(28)16-26-12-14-31-15-13-26/h17-18,28H,3-16H2,1-2H3. The van der Waals surface area contributed by atoms with Crippen molar-refractivity contribution in [1.82, 2.24) is 23.6 Å². The largest absolute Gasteiger partial charge is 0.392 e. The summed E-state index contributed by atoms with van der Waals surface area (Å²) in [5.74, 6) is 0. The van der Waals surface area contributed by atoms with Gasteiger partial charge in [-0.05, 0) is 12.8 Å². The van der Waals surface area contributed by atoms with E-state index in [0.717, 1.165) is 84.2 Å². The van der Waals surface area contributed by atoms with E-state index in [1.807, 2.05) is 0 Å². The molecule has 174 valence electrons. The van der Waals surface area contributed by atoms with E-state index in [1.54, 1.807) is 25.0 Å². The Kier molecular flexibility index (Phi) is 8.86. The molecule has 31 heavy (non-hydrogen) atoms. The number of ether oxygens (including phenoxy) is 1. The summed E-state index contributed by atoms with van der Waals surface area (Å²) in [6.07, 6.45) is 9.60. The molecule has 0 radical (unpaired) electrons. The van der Waals surface area contributed by atoms with Crippen LogP contribution in [-0.4, -0.2) is 67.6 Å². The Labute approximate surface area is 183 Å². The van der Waals surface area contributed by atoms with Gasteiger partial charge < -0.3 is 14.4 Å². The molecule has 0 saturated carbocycles. The molecule has 1 atom stereocenters. The van der Waals surface area contributed by atoms with Crippen molar-refractivity contribution < 1.29 is 9.84 Å². The van der Waals surface area contributed by atoms with Crippen molar-refractivity contribution in [2.75, 3.05) is 32.8 Å². The maximum atomic E-state index is 12.7. The van der Waals surface area contributed by atoms with Crippen LogP contribution in [0.5, 0.6) is 0 Å². The third-order valence-electron chi connectivity index (χ3n) is 6.19. The molecule has 9 heteroatoms. The van der Waals surface area contributed by atoms with E-state index in [4.69, 9.17) is 4.74 Å². The SMILES string of the molecule is Cn1cnc2c1c(=O)n(CCCCCCCCCC(O)CN1CCOCC1)c(=O)n2C. The molecule has 0 bridgehead atoms. The fourth-order valence-corrected chi connectivity index (χ4v) is 4.30. The van der Waals surface area contributed by atoms with Crippen molar-refractivity contribution >= 4 is 11.2 Å². The van der Waals surface area contributed by atoms with Crippen LogP contribution in [0.3, 0.4) is 0 Å². The second-order valence-corrected chi connectivity index (χ2v) is 8.66. The van der Waals surface area contributed by atoms with Crippen LogP contribution in [0.2, 0.25) is 0 Å². The van der Waals surface area contributed by atoms with Crippen molar-refractivity contribution in [2.24, 2.45) is 14.1 Å². The second-order valence-electron chi connectivity index (χ2n) is 8.66. The Balaban J connectivity index is 1.29. The normalized spacial score (nSPS) is 16.2. The molecule has 1 aliphatic heterocycles. The lowest BCUT2D eigenvalue weighted by Gasteiger charge is -2.28. The van der Waals surface area contributed by atoms with Crippen molar-refractivity contribution in [1.29, 1.82) is 0 Å². The van der Waals surface area contributed by atoms with Crippen molar-refractivity contribution in [2.45, 2.75) is 64.0 Å². The average Bonchev–Trinajstić information content (AvgIpc) is 3.15. The lowest BCUT2D eigenvalue weighted by atomic mass is 10.1. The monoisotopic (exact) mass is 435 g/mol. The van der Waals surface area contributed by atoms with Gasteiger partial charge in [-0.25, -0.2) is 9.78 Å². The van der Waals surface area contributed by atoms with Crippen LogP contribution in [0.1, 0.15) is 51.4 Å². The van der Waals surface area contributed by atoms with Crippen molar-refractivity contribution in [3.05, 3.63) is 27.2 Å². The molecular weight excluding hydrogens is 398 g/mol. The minimum Gasteiger partial charge on any atom is -0.392 e. The molecule has 0 amide bonds. The van der Waals surface area contributed by atoms with Crippen molar-refractivity contribution in [3.63, 3.8) is 0 Å². The quantitative estimate of drug-likeness (QED) is 0.504. The summed E-state index contributed by atoms with van der Waals surface area (Å²) in [5.41, 5.74) is 0.349. The highest BCUT2D eigenvalue weighted by molar-refractivity contribution is 5.69. The lowest BCUT2D eigenvalue weighted by molar-refractivity contribution is 0.0127. The molecule has 2 aromatic heterocycles. The molecule has 0 aromatic carbocycles. The molecule has 0 aliphatic carbocycles. The number of hydrogen-bond acceptors (Lipinski definition) is 6. The summed E-state index contributed by atoms with van der Waals surface area (Å²) in [4.78, 5) is 31.6. The van der Waals surface area contributed by atoms with Gasteiger partial charge in [-0.1, -0.05) is 38.5 Å². The van der Waals surface area contributed by atoms with Gasteiger partial charge in [0.15, 0.2) is 11.2 Å². The summed E-state index contributed by atoms with van der Waals surface area (Å²) >= 11 is 0. The number of hydrogen-bond donors (Lipinski definition) is 1.